The largest absolute Gasteiger partial charge is 2.00 e. The zero-order chi connectivity index (χ0) is 14.0. The van der Waals surface area contributed by atoms with Crippen molar-refractivity contribution in [2.24, 2.45) is 0 Å². The van der Waals surface area contributed by atoms with Crippen LogP contribution in [0.5, 0.6) is 0 Å². The number of carboxylic acids is 2. The van der Waals surface area contributed by atoms with Gasteiger partial charge in [-0.3, -0.25) is 0 Å². The first-order chi connectivity index (χ1) is 7.29. The van der Waals surface area contributed by atoms with Crippen LogP contribution in [-0.4, -0.2) is 11.9 Å². The fourth-order valence-electron chi connectivity index (χ4n) is 0. The smallest absolute Gasteiger partial charge is 0.550 e. The molecular formula is C12H26O4Pd. The molecule has 0 unspecified atom stereocenters. The Kier molecular flexibility index (Phi) is 63.7. The van der Waals surface area contributed by atoms with Gasteiger partial charge in [0.1, 0.15) is 0 Å². The fourth-order valence-corrected chi connectivity index (χ4v) is 0. The van der Waals surface area contributed by atoms with E-state index in [2.05, 4.69) is 27.7 Å². The number of hydrogen-bond donors (Lipinski definition) is 0. The summed E-state index contributed by atoms with van der Waals surface area (Å²) in [6, 6.07) is 0. The number of rotatable bonds is 2. The second kappa shape index (κ2) is 36.1. The second-order valence-electron chi connectivity index (χ2n) is 2.98. The molecule has 0 fully saturated rings. The minimum absolute atomic E-state index is 0. The molecule has 0 aromatic carbocycles. The van der Waals surface area contributed by atoms with Gasteiger partial charge in [0, 0.05) is 11.9 Å². The van der Waals surface area contributed by atoms with E-state index in [0.717, 1.165) is 13.8 Å². The average Bonchev–Trinajstić information content (AvgIpc) is 2.16. The van der Waals surface area contributed by atoms with E-state index in [4.69, 9.17) is 19.8 Å². The van der Waals surface area contributed by atoms with Crippen LogP contribution < -0.4 is 10.2 Å². The van der Waals surface area contributed by atoms with E-state index in [1.54, 1.807) is 0 Å². The van der Waals surface area contributed by atoms with Gasteiger partial charge in [-0.2, -0.15) is 0 Å². The van der Waals surface area contributed by atoms with Gasteiger partial charge in [0.15, 0.2) is 0 Å². The molecule has 0 rings (SSSR count). The number of carboxylic acid groups (broad SMARTS) is 2. The summed E-state index contributed by atoms with van der Waals surface area (Å²) in [6.07, 6.45) is 5.28. The van der Waals surface area contributed by atoms with Crippen LogP contribution in [0, 0.1) is 0 Å². The van der Waals surface area contributed by atoms with Gasteiger partial charge in [-0.1, -0.05) is 53.4 Å². The van der Waals surface area contributed by atoms with Crippen molar-refractivity contribution in [3.05, 3.63) is 0 Å². The van der Waals surface area contributed by atoms with Crippen molar-refractivity contribution in [3.8, 4) is 0 Å². The van der Waals surface area contributed by atoms with Crippen molar-refractivity contribution in [1.82, 2.24) is 0 Å². The number of hydrogen-bond acceptors (Lipinski definition) is 4. The zero-order valence-corrected chi connectivity index (χ0v) is 13.3. The van der Waals surface area contributed by atoms with Crippen molar-refractivity contribution in [3.63, 3.8) is 0 Å². The van der Waals surface area contributed by atoms with Crippen molar-refractivity contribution < 1.29 is 40.2 Å². The summed E-state index contributed by atoms with van der Waals surface area (Å²) in [4.78, 5) is 17.8. The molecule has 0 heterocycles. The number of carbonyl (C=O) groups excluding carboxylic acids is 2. The number of unbranched alkanes of at least 4 members (excludes halogenated alkanes) is 2. The second-order valence-corrected chi connectivity index (χ2v) is 2.98. The Morgan fingerprint density at radius 3 is 0.765 bits per heavy atom. The standard InChI is InChI=1S/2C4H10.2C2H4O2.Pd/c2*1-3-4-2;2*1-2(3)4;/h2*3-4H2,1-2H3;2*1H3,(H,3,4);/q;;;;+2/p-2. The summed E-state index contributed by atoms with van der Waals surface area (Å²) < 4.78 is 0. The first-order valence-corrected chi connectivity index (χ1v) is 5.64. The van der Waals surface area contributed by atoms with E-state index in [9.17, 15) is 0 Å². The van der Waals surface area contributed by atoms with Gasteiger partial charge in [-0.05, 0) is 13.8 Å². The van der Waals surface area contributed by atoms with E-state index in [1.165, 1.54) is 25.7 Å². The molecule has 4 nitrogen and oxygen atoms in total. The Balaban J connectivity index is -0.0000000369. The summed E-state index contributed by atoms with van der Waals surface area (Å²) in [5, 5.41) is 17.8. The average molecular weight is 341 g/mol. The van der Waals surface area contributed by atoms with E-state index < -0.39 is 11.9 Å². The Hall–Kier alpha value is -0.398. The maximum Gasteiger partial charge on any atom is 2.00 e. The van der Waals surface area contributed by atoms with Crippen LogP contribution in [0.2, 0.25) is 0 Å². The number of aliphatic carboxylic acids is 2. The summed E-state index contributed by atoms with van der Waals surface area (Å²) in [7, 11) is 0. The van der Waals surface area contributed by atoms with Crippen LogP contribution in [0.25, 0.3) is 0 Å². The molecule has 0 aromatic rings. The normalized spacial score (nSPS) is 6.47. The third-order valence-electron chi connectivity index (χ3n) is 1.000. The summed E-state index contributed by atoms with van der Waals surface area (Å²) in [5.41, 5.74) is 0. The maximum atomic E-state index is 8.89. The maximum absolute atomic E-state index is 8.89. The van der Waals surface area contributed by atoms with Gasteiger partial charge < -0.3 is 19.8 Å². The first-order valence-electron chi connectivity index (χ1n) is 5.64. The van der Waals surface area contributed by atoms with Crippen molar-refractivity contribution in [1.29, 1.82) is 0 Å². The molecule has 0 amide bonds. The zero-order valence-electron chi connectivity index (χ0n) is 11.8. The third kappa shape index (κ3) is 1120. The summed E-state index contributed by atoms with van der Waals surface area (Å²) >= 11 is 0. The molecular weight excluding hydrogens is 315 g/mol. The van der Waals surface area contributed by atoms with Gasteiger partial charge in [0.2, 0.25) is 0 Å². The topological polar surface area (TPSA) is 80.3 Å². The Morgan fingerprint density at radius 2 is 0.765 bits per heavy atom. The molecule has 0 radical (unpaired) electrons. The van der Waals surface area contributed by atoms with Crippen molar-refractivity contribution in [2.45, 2.75) is 67.2 Å². The molecule has 0 spiro atoms. The molecule has 5 heteroatoms. The van der Waals surface area contributed by atoms with Crippen LogP contribution in [0.4, 0.5) is 0 Å². The van der Waals surface area contributed by atoms with Crippen molar-refractivity contribution in [2.75, 3.05) is 0 Å². The molecule has 0 bridgehead atoms. The van der Waals surface area contributed by atoms with Crippen LogP contribution in [0.1, 0.15) is 67.2 Å². The molecule has 0 aliphatic heterocycles. The monoisotopic (exact) mass is 340 g/mol. The third-order valence-corrected chi connectivity index (χ3v) is 1.000. The van der Waals surface area contributed by atoms with Gasteiger partial charge in [-0.15, -0.1) is 0 Å². The molecule has 0 aliphatic carbocycles. The molecule has 108 valence electrons. The van der Waals surface area contributed by atoms with Gasteiger partial charge in [0.05, 0.1) is 0 Å². The SMILES string of the molecule is CC(=O)[O-].CC(=O)[O-].CCCC.CCCC.[Pd+2]. The van der Waals surface area contributed by atoms with Gasteiger partial charge in [0.25, 0.3) is 0 Å². The molecule has 0 saturated heterocycles. The van der Waals surface area contributed by atoms with Crippen LogP contribution >= 0.6 is 0 Å². The Labute approximate surface area is 119 Å². The van der Waals surface area contributed by atoms with Crippen molar-refractivity contribution >= 4 is 11.9 Å². The quantitative estimate of drug-likeness (QED) is 0.706. The van der Waals surface area contributed by atoms with Gasteiger partial charge in [-0.25, -0.2) is 0 Å². The fraction of sp³-hybridized carbons (Fsp3) is 0.833. The summed E-state index contributed by atoms with van der Waals surface area (Å²) in [5.74, 6) is -2.17. The van der Waals surface area contributed by atoms with Gasteiger partial charge >= 0.3 is 20.4 Å². The minimum atomic E-state index is -1.08. The van der Waals surface area contributed by atoms with Crippen LogP contribution in [0.3, 0.4) is 0 Å². The minimum Gasteiger partial charge on any atom is -0.550 e. The Morgan fingerprint density at radius 1 is 0.706 bits per heavy atom. The molecule has 0 atom stereocenters. The predicted molar refractivity (Wildman–Crippen MR) is 62.5 cm³/mol. The number of carbonyl (C=O) groups is 2. The Bertz CT molecular complexity index is 110. The summed E-state index contributed by atoms with van der Waals surface area (Å²) in [6.45, 7) is 10.7. The van der Waals surface area contributed by atoms with E-state index in [0.29, 0.717) is 0 Å². The van der Waals surface area contributed by atoms with E-state index in [1.807, 2.05) is 0 Å². The van der Waals surface area contributed by atoms with Crippen LogP contribution in [-0.2, 0) is 30.0 Å². The molecule has 0 aromatic heterocycles. The molecule has 0 N–H and O–H groups in total. The molecule has 0 saturated carbocycles. The van der Waals surface area contributed by atoms with E-state index in [-0.39, 0.29) is 20.4 Å². The van der Waals surface area contributed by atoms with Crippen LogP contribution in [0.15, 0.2) is 0 Å². The molecule has 0 aliphatic rings. The molecule has 17 heavy (non-hydrogen) atoms. The first kappa shape index (κ1) is 30.0. The predicted octanol–water partition coefficient (Wildman–Crippen LogP) is 1.12. The van der Waals surface area contributed by atoms with E-state index >= 15 is 0 Å².